The summed E-state index contributed by atoms with van der Waals surface area (Å²) >= 11 is 0. The molecule has 1 saturated heterocycles. The molecular formula is C24H36N2O3. The molecule has 1 unspecified atom stereocenters. The van der Waals surface area contributed by atoms with E-state index in [1.54, 1.807) is 4.90 Å². The number of hydrogen-bond acceptors (Lipinski definition) is 4. The molecule has 0 aromatic heterocycles. The highest BCUT2D eigenvalue weighted by atomic mass is 16.5. The maximum atomic E-state index is 12.9. The quantitative estimate of drug-likeness (QED) is 0.816. The van der Waals surface area contributed by atoms with E-state index in [-0.39, 0.29) is 12.5 Å². The Morgan fingerprint density at radius 1 is 1.28 bits per heavy atom. The van der Waals surface area contributed by atoms with Gasteiger partial charge in [0.05, 0.1) is 6.61 Å². The minimum Gasteiger partial charge on any atom is -0.395 e. The third-order valence-corrected chi connectivity index (χ3v) is 6.58. The van der Waals surface area contributed by atoms with Crippen molar-refractivity contribution in [3.8, 4) is 0 Å². The molecule has 29 heavy (non-hydrogen) atoms. The molecule has 2 heterocycles. The van der Waals surface area contributed by atoms with Crippen molar-refractivity contribution in [3.63, 3.8) is 0 Å². The first-order valence-corrected chi connectivity index (χ1v) is 11.1. The van der Waals surface area contributed by atoms with Crippen LogP contribution >= 0.6 is 0 Å². The molecule has 0 saturated carbocycles. The standard InChI is InChI=1S/C24H36N2O3/c1-4-26(12-13-27)24(28)21-7-8-23-22(17-21)18(2)16-20(6-5-11-25(23)3)19-9-14-29-15-10-19/h7-8,17,19-20,27H,2,4-6,9-16H2,1,3H3. The number of likely N-dealkylation sites (N-methyl/N-ethyl adjacent to an activating group) is 1. The molecule has 1 aromatic carbocycles. The Bertz CT molecular complexity index is 712. The summed E-state index contributed by atoms with van der Waals surface area (Å²) in [6.07, 6.45) is 5.66. The summed E-state index contributed by atoms with van der Waals surface area (Å²) in [4.78, 5) is 16.9. The fourth-order valence-electron chi connectivity index (χ4n) is 4.82. The van der Waals surface area contributed by atoms with Crippen LogP contribution in [0.3, 0.4) is 0 Å². The number of anilines is 1. The molecule has 0 spiro atoms. The van der Waals surface area contributed by atoms with Gasteiger partial charge in [0.2, 0.25) is 0 Å². The SMILES string of the molecule is C=C1CC(C2CCOCC2)CCCN(C)c2ccc(C(=O)N(CC)CCO)cc21. The van der Waals surface area contributed by atoms with Crippen LogP contribution in [0, 0.1) is 11.8 Å². The lowest BCUT2D eigenvalue weighted by atomic mass is 9.78. The maximum absolute atomic E-state index is 12.9. The van der Waals surface area contributed by atoms with Crippen molar-refractivity contribution in [2.45, 2.75) is 39.0 Å². The van der Waals surface area contributed by atoms with Gasteiger partial charge in [-0.25, -0.2) is 0 Å². The highest BCUT2D eigenvalue weighted by Crippen LogP contribution is 2.39. The molecule has 1 atom stereocenters. The average molecular weight is 401 g/mol. The number of hydrogen-bond donors (Lipinski definition) is 1. The van der Waals surface area contributed by atoms with Crippen LogP contribution in [0.2, 0.25) is 0 Å². The number of aliphatic hydroxyl groups excluding tert-OH is 1. The van der Waals surface area contributed by atoms with Gasteiger partial charge in [-0.1, -0.05) is 6.58 Å². The van der Waals surface area contributed by atoms with Crippen molar-refractivity contribution in [1.29, 1.82) is 0 Å². The van der Waals surface area contributed by atoms with Gasteiger partial charge < -0.3 is 19.6 Å². The minimum atomic E-state index is -0.0272. The minimum absolute atomic E-state index is 0.0211. The van der Waals surface area contributed by atoms with Crippen LogP contribution in [0.5, 0.6) is 0 Å². The second kappa shape index (κ2) is 10.3. The predicted molar refractivity (Wildman–Crippen MR) is 118 cm³/mol. The molecule has 2 aliphatic rings. The molecule has 0 aliphatic carbocycles. The first-order valence-electron chi connectivity index (χ1n) is 11.1. The topological polar surface area (TPSA) is 53.0 Å². The van der Waals surface area contributed by atoms with Crippen molar-refractivity contribution >= 4 is 17.2 Å². The molecule has 0 radical (unpaired) electrons. The Balaban J connectivity index is 1.88. The molecule has 2 aliphatic heterocycles. The second-order valence-corrected chi connectivity index (χ2v) is 8.42. The van der Waals surface area contributed by atoms with Gasteiger partial charge in [0, 0.05) is 56.7 Å². The molecule has 160 valence electrons. The van der Waals surface area contributed by atoms with Gasteiger partial charge in [-0.3, -0.25) is 4.79 Å². The molecule has 1 amide bonds. The monoisotopic (exact) mass is 400 g/mol. The Kier molecular flexibility index (Phi) is 7.73. The molecule has 5 heteroatoms. The van der Waals surface area contributed by atoms with Gasteiger partial charge in [-0.2, -0.15) is 0 Å². The van der Waals surface area contributed by atoms with Crippen LogP contribution in [-0.4, -0.2) is 62.4 Å². The Morgan fingerprint density at radius 2 is 2.03 bits per heavy atom. The summed E-state index contributed by atoms with van der Waals surface area (Å²) in [5, 5.41) is 9.26. The molecule has 1 aromatic rings. The number of carbonyl (C=O) groups excluding carboxylic acids is 1. The van der Waals surface area contributed by atoms with Crippen LogP contribution in [0.15, 0.2) is 24.8 Å². The maximum Gasteiger partial charge on any atom is 0.253 e. The molecule has 3 rings (SSSR count). The second-order valence-electron chi connectivity index (χ2n) is 8.42. The summed E-state index contributed by atoms with van der Waals surface area (Å²) in [6.45, 7) is 10.1. The van der Waals surface area contributed by atoms with E-state index < -0.39 is 0 Å². The fraction of sp³-hybridized carbons (Fsp3) is 0.625. The average Bonchev–Trinajstić information content (AvgIpc) is 2.81. The van der Waals surface area contributed by atoms with Gasteiger partial charge >= 0.3 is 0 Å². The first-order chi connectivity index (χ1) is 14.0. The fourth-order valence-corrected chi connectivity index (χ4v) is 4.82. The lowest BCUT2D eigenvalue weighted by Gasteiger charge is -2.30. The van der Waals surface area contributed by atoms with Crippen molar-refractivity contribution < 1.29 is 14.6 Å². The van der Waals surface area contributed by atoms with Gasteiger partial charge in [0.25, 0.3) is 5.91 Å². The molecule has 5 nitrogen and oxygen atoms in total. The van der Waals surface area contributed by atoms with Crippen LogP contribution in [-0.2, 0) is 4.74 Å². The predicted octanol–water partition coefficient (Wildman–Crippen LogP) is 3.82. The van der Waals surface area contributed by atoms with Crippen LogP contribution in [0.4, 0.5) is 5.69 Å². The van der Waals surface area contributed by atoms with Gasteiger partial charge in [0.1, 0.15) is 0 Å². The lowest BCUT2D eigenvalue weighted by Crippen LogP contribution is -2.33. The smallest absolute Gasteiger partial charge is 0.253 e. The molecule has 1 N–H and O–H groups in total. The summed E-state index contributed by atoms with van der Waals surface area (Å²) in [7, 11) is 2.13. The highest BCUT2D eigenvalue weighted by molar-refractivity contribution is 5.96. The van der Waals surface area contributed by atoms with Crippen molar-refractivity contribution in [3.05, 3.63) is 35.9 Å². The normalized spacial score (nSPS) is 21.1. The van der Waals surface area contributed by atoms with Gasteiger partial charge in [-0.05, 0) is 74.6 Å². The summed E-state index contributed by atoms with van der Waals surface area (Å²) in [6, 6.07) is 6.00. The first kappa shape index (κ1) is 21.8. The number of aliphatic hydroxyl groups is 1. The van der Waals surface area contributed by atoms with E-state index in [1.807, 2.05) is 19.1 Å². The van der Waals surface area contributed by atoms with Gasteiger partial charge in [0.15, 0.2) is 0 Å². The van der Waals surface area contributed by atoms with Crippen LogP contribution < -0.4 is 4.90 Å². The number of amides is 1. The zero-order chi connectivity index (χ0) is 20.8. The van der Waals surface area contributed by atoms with Crippen LogP contribution in [0.25, 0.3) is 5.57 Å². The Hall–Kier alpha value is -1.85. The van der Waals surface area contributed by atoms with Crippen molar-refractivity contribution in [2.24, 2.45) is 11.8 Å². The van der Waals surface area contributed by atoms with Crippen LogP contribution in [0.1, 0.15) is 54.9 Å². The third kappa shape index (κ3) is 5.20. The molecular weight excluding hydrogens is 364 g/mol. The summed E-state index contributed by atoms with van der Waals surface area (Å²) < 4.78 is 5.58. The zero-order valence-electron chi connectivity index (χ0n) is 18.0. The summed E-state index contributed by atoms with van der Waals surface area (Å²) in [5.74, 6) is 1.31. The highest BCUT2D eigenvalue weighted by Gasteiger charge is 2.27. The summed E-state index contributed by atoms with van der Waals surface area (Å²) in [5.41, 5.74) is 4.06. The van der Waals surface area contributed by atoms with E-state index in [9.17, 15) is 9.90 Å². The van der Waals surface area contributed by atoms with Crippen molar-refractivity contribution in [1.82, 2.24) is 4.90 Å². The number of nitrogens with zero attached hydrogens (tertiary/aromatic N) is 2. The number of fused-ring (bicyclic) bond motifs is 1. The Labute approximate surface area is 175 Å². The number of carbonyl (C=O) groups is 1. The van der Waals surface area contributed by atoms with E-state index >= 15 is 0 Å². The zero-order valence-corrected chi connectivity index (χ0v) is 18.0. The number of allylic oxidation sites excluding steroid dienone is 1. The van der Waals surface area contributed by atoms with E-state index in [1.165, 1.54) is 12.8 Å². The number of rotatable bonds is 5. The van der Waals surface area contributed by atoms with E-state index in [0.717, 1.165) is 55.8 Å². The lowest BCUT2D eigenvalue weighted by molar-refractivity contribution is 0.0456. The van der Waals surface area contributed by atoms with E-state index in [4.69, 9.17) is 4.74 Å². The van der Waals surface area contributed by atoms with E-state index in [0.29, 0.717) is 30.5 Å². The Morgan fingerprint density at radius 3 is 2.72 bits per heavy atom. The largest absolute Gasteiger partial charge is 0.395 e. The van der Waals surface area contributed by atoms with Gasteiger partial charge in [-0.15, -0.1) is 0 Å². The molecule has 0 bridgehead atoms. The number of benzene rings is 1. The van der Waals surface area contributed by atoms with Crippen molar-refractivity contribution in [2.75, 3.05) is 51.4 Å². The van der Waals surface area contributed by atoms with E-state index in [2.05, 4.69) is 24.6 Å². The molecule has 1 fully saturated rings. The number of ether oxygens (including phenoxy) is 1. The third-order valence-electron chi connectivity index (χ3n) is 6.58.